The second kappa shape index (κ2) is 3.87. The highest BCUT2D eigenvalue weighted by Crippen LogP contribution is 2.15. The average molecular weight is 204 g/mol. The van der Waals surface area contributed by atoms with Gasteiger partial charge in [0.05, 0.1) is 0 Å². The van der Waals surface area contributed by atoms with Gasteiger partial charge in [-0.1, -0.05) is 30.3 Å². The summed E-state index contributed by atoms with van der Waals surface area (Å²) in [5.41, 5.74) is 1.32. The van der Waals surface area contributed by atoms with Gasteiger partial charge in [0.25, 0.3) is 0 Å². The van der Waals surface area contributed by atoms with Gasteiger partial charge in [0.2, 0.25) is 0 Å². The van der Waals surface area contributed by atoms with Gasteiger partial charge in [0.1, 0.15) is 0 Å². The average Bonchev–Trinajstić information content (AvgIpc) is 2.67. The van der Waals surface area contributed by atoms with Crippen molar-refractivity contribution in [3.63, 3.8) is 0 Å². The number of aromatic amines is 1. The van der Waals surface area contributed by atoms with E-state index in [1.165, 1.54) is 0 Å². The second-order valence-corrected chi connectivity index (χ2v) is 3.03. The third-order valence-electron chi connectivity index (χ3n) is 2.00. The van der Waals surface area contributed by atoms with Crippen LogP contribution < -0.4 is 0 Å². The molecule has 6 heteroatoms. The van der Waals surface area contributed by atoms with E-state index in [1.807, 2.05) is 30.3 Å². The standard InChI is InChI=1S/C9H8N4O2/c14-13(15)9-8(10-12-11-9)6-7-4-2-1-3-5-7/h1-5H,6H2,(H,10,11,12). The van der Waals surface area contributed by atoms with Crippen LogP contribution in [0.2, 0.25) is 0 Å². The fourth-order valence-electron chi connectivity index (χ4n) is 1.30. The lowest BCUT2D eigenvalue weighted by Crippen LogP contribution is -1.95. The monoisotopic (exact) mass is 204 g/mol. The Morgan fingerprint density at radius 1 is 1.33 bits per heavy atom. The molecule has 0 aliphatic rings. The minimum atomic E-state index is -0.516. The summed E-state index contributed by atoms with van der Waals surface area (Å²) in [4.78, 5) is 10.1. The number of aromatic nitrogens is 3. The molecule has 1 N–H and O–H groups in total. The summed E-state index contributed by atoms with van der Waals surface area (Å²) < 4.78 is 0. The molecule has 0 unspecified atom stereocenters. The van der Waals surface area contributed by atoms with Crippen molar-refractivity contribution in [2.45, 2.75) is 6.42 Å². The Balaban J connectivity index is 2.25. The Bertz CT molecular complexity index is 466. The van der Waals surface area contributed by atoms with Crippen LogP contribution in [0.3, 0.4) is 0 Å². The van der Waals surface area contributed by atoms with Crippen molar-refractivity contribution in [1.82, 2.24) is 15.4 Å². The first-order valence-electron chi connectivity index (χ1n) is 4.35. The number of hydrogen-bond donors (Lipinski definition) is 1. The summed E-state index contributed by atoms with van der Waals surface area (Å²) >= 11 is 0. The van der Waals surface area contributed by atoms with Crippen molar-refractivity contribution in [2.75, 3.05) is 0 Å². The third kappa shape index (κ3) is 1.98. The van der Waals surface area contributed by atoms with Gasteiger partial charge in [-0.3, -0.25) is 0 Å². The van der Waals surface area contributed by atoms with Gasteiger partial charge in [0, 0.05) is 11.6 Å². The van der Waals surface area contributed by atoms with E-state index in [4.69, 9.17) is 0 Å². The predicted octanol–water partition coefficient (Wildman–Crippen LogP) is 1.30. The molecule has 2 rings (SSSR count). The van der Waals surface area contributed by atoms with Crippen LogP contribution in [-0.4, -0.2) is 20.3 Å². The molecule has 15 heavy (non-hydrogen) atoms. The van der Waals surface area contributed by atoms with E-state index in [2.05, 4.69) is 15.4 Å². The second-order valence-electron chi connectivity index (χ2n) is 3.03. The zero-order valence-corrected chi connectivity index (χ0v) is 7.75. The fraction of sp³-hybridized carbons (Fsp3) is 0.111. The minimum absolute atomic E-state index is 0.140. The molecule has 0 bridgehead atoms. The van der Waals surface area contributed by atoms with Crippen LogP contribution in [0.25, 0.3) is 0 Å². The highest BCUT2D eigenvalue weighted by atomic mass is 16.6. The Kier molecular flexibility index (Phi) is 2.40. The van der Waals surface area contributed by atoms with E-state index in [0.29, 0.717) is 12.1 Å². The van der Waals surface area contributed by atoms with Crippen LogP contribution in [-0.2, 0) is 6.42 Å². The molecule has 0 fully saturated rings. The summed E-state index contributed by atoms with van der Waals surface area (Å²) in [6.45, 7) is 0. The maximum absolute atomic E-state index is 10.6. The van der Waals surface area contributed by atoms with Crippen molar-refractivity contribution in [3.05, 3.63) is 51.7 Å². The number of benzene rings is 1. The maximum Gasteiger partial charge on any atom is 0.366 e. The van der Waals surface area contributed by atoms with Crippen LogP contribution in [0.15, 0.2) is 30.3 Å². The molecule has 0 atom stereocenters. The molecule has 0 saturated heterocycles. The number of hydrogen-bond acceptors (Lipinski definition) is 4. The molecular weight excluding hydrogens is 196 g/mol. The van der Waals surface area contributed by atoms with Crippen molar-refractivity contribution in [2.24, 2.45) is 0 Å². The maximum atomic E-state index is 10.6. The number of rotatable bonds is 3. The molecule has 0 aliphatic heterocycles. The van der Waals surface area contributed by atoms with Crippen LogP contribution in [0.5, 0.6) is 0 Å². The molecule has 0 radical (unpaired) electrons. The van der Waals surface area contributed by atoms with Crippen LogP contribution in [0, 0.1) is 10.1 Å². The van der Waals surface area contributed by atoms with Gasteiger partial charge < -0.3 is 10.1 Å². The van der Waals surface area contributed by atoms with E-state index in [-0.39, 0.29) is 5.82 Å². The molecule has 0 amide bonds. The first-order chi connectivity index (χ1) is 7.27. The predicted molar refractivity (Wildman–Crippen MR) is 52.3 cm³/mol. The van der Waals surface area contributed by atoms with Crippen molar-refractivity contribution >= 4 is 5.82 Å². The van der Waals surface area contributed by atoms with Gasteiger partial charge in [-0.15, -0.1) is 10.2 Å². The molecule has 0 spiro atoms. The molecular formula is C9H8N4O2. The third-order valence-corrected chi connectivity index (χ3v) is 2.00. The Labute approximate surface area is 85.1 Å². The smallest absolute Gasteiger partial charge is 0.358 e. The zero-order valence-electron chi connectivity index (χ0n) is 7.75. The van der Waals surface area contributed by atoms with Crippen molar-refractivity contribution < 1.29 is 4.92 Å². The molecule has 1 aromatic heterocycles. The first kappa shape index (κ1) is 9.32. The van der Waals surface area contributed by atoms with E-state index < -0.39 is 4.92 Å². The normalized spacial score (nSPS) is 10.1. The fourth-order valence-corrected chi connectivity index (χ4v) is 1.30. The van der Waals surface area contributed by atoms with E-state index in [1.54, 1.807) is 0 Å². The summed E-state index contributed by atoms with van der Waals surface area (Å²) in [6, 6.07) is 9.42. The van der Waals surface area contributed by atoms with Gasteiger partial charge in [-0.05, 0) is 10.5 Å². The lowest BCUT2D eigenvalue weighted by atomic mass is 10.1. The van der Waals surface area contributed by atoms with Crippen LogP contribution in [0.1, 0.15) is 11.3 Å². The summed E-state index contributed by atoms with van der Waals surface area (Å²) in [5, 5.41) is 19.9. The van der Waals surface area contributed by atoms with Crippen molar-refractivity contribution in [3.8, 4) is 0 Å². The minimum Gasteiger partial charge on any atom is -0.358 e. The summed E-state index contributed by atoms with van der Waals surface area (Å²) in [5.74, 6) is -0.140. The first-order valence-corrected chi connectivity index (χ1v) is 4.35. The quantitative estimate of drug-likeness (QED) is 0.603. The largest absolute Gasteiger partial charge is 0.366 e. The number of nitrogens with zero attached hydrogens (tertiary/aromatic N) is 3. The van der Waals surface area contributed by atoms with Crippen LogP contribution >= 0.6 is 0 Å². The van der Waals surface area contributed by atoms with Crippen molar-refractivity contribution in [1.29, 1.82) is 0 Å². The van der Waals surface area contributed by atoms with Gasteiger partial charge >= 0.3 is 5.82 Å². The molecule has 2 aromatic rings. The molecule has 1 heterocycles. The highest BCUT2D eigenvalue weighted by Gasteiger charge is 2.16. The van der Waals surface area contributed by atoms with Gasteiger partial charge in [-0.2, -0.15) is 0 Å². The molecule has 0 saturated carbocycles. The van der Waals surface area contributed by atoms with Crippen LogP contribution in [0.4, 0.5) is 5.82 Å². The number of nitrogens with one attached hydrogen (secondary N) is 1. The topological polar surface area (TPSA) is 84.7 Å². The Hall–Kier alpha value is -2.24. The summed E-state index contributed by atoms with van der Waals surface area (Å²) in [6.07, 6.45) is 0.410. The Morgan fingerprint density at radius 2 is 2.07 bits per heavy atom. The van der Waals surface area contributed by atoms with E-state index in [9.17, 15) is 10.1 Å². The van der Waals surface area contributed by atoms with E-state index >= 15 is 0 Å². The van der Waals surface area contributed by atoms with Gasteiger partial charge in [0.15, 0.2) is 5.69 Å². The molecule has 6 nitrogen and oxygen atoms in total. The van der Waals surface area contributed by atoms with Gasteiger partial charge in [-0.25, -0.2) is 0 Å². The molecule has 76 valence electrons. The molecule has 1 aromatic carbocycles. The lowest BCUT2D eigenvalue weighted by molar-refractivity contribution is -0.390. The summed E-state index contributed by atoms with van der Waals surface area (Å²) in [7, 11) is 0. The van der Waals surface area contributed by atoms with E-state index in [0.717, 1.165) is 5.56 Å². The highest BCUT2D eigenvalue weighted by molar-refractivity contribution is 5.30. The lowest BCUT2D eigenvalue weighted by Gasteiger charge is -1.96. The zero-order chi connectivity index (χ0) is 10.7. The number of H-pyrrole nitrogens is 1. The Morgan fingerprint density at radius 3 is 2.73 bits per heavy atom. The SMILES string of the molecule is O=[N+]([O-])c1[nH]nnc1Cc1ccccc1. The number of nitro groups is 1. The molecule has 0 aliphatic carbocycles.